The van der Waals surface area contributed by atoms with Crippen LogP contribution in [0, 0.1) is 5.92 Å². The van der Waals surface area contributed by atoms with E-state index in [0.29, 0.717) is 30.3 Å². The molecule has 1 saturated carbocycles. The average Bonchev–Trinajstić information content (AvgIpc) is 3.57. The molecule has 2 atom stereocenters. The predicted molar refractivity (Wildman–Crippen MR) is 180 cm³/mol. The number of phenols is 1. The standard InChI is InChI=1S/C34H44N4O4S2/c1-3-23-7-9-27(39)19-28(40)10-8-25-18-31(42-2)30(41)17-26(25)15-24-16-29(33(35)37-20-24)32(44-43-21-23)34(11-5-4-6-12-34)38-14-13-36-22-38/h8,10,13-14,16-18,20,23,32,36,41H,3-7,9,11-12,15,19,21-22H2,1-2H3,(H2,35,37)/b10-8+/t23-,32-/m0/s1. The second-order valence-corrected chi connectivity index (χ2v) is 14.6. The first-order valence-corrected chi connectivity index (χ1v) is 18.0. The van der Waals surface area contributed by atoms with E-state index in [4.69, 9.17) is 15.5 Å². The normalized spacial score (nSPS) is 23.7. The lowest BCUT2D eigenvalue weighted by atomic mass is 9.75. The Bertz CT molecular complexity index is 1410. The highest BCUT2D eigenvalue weighted by Crippen LogP contribution is 2.55. The fraction of sp³-hybridized carbons (Fsp3) is 0.500. The Kier molecular flexibility index (Phi) is 10.8. The first-order chi connectivity index (χ1) is 21.3. The number of ether oxygens (including phenoxy) is 1. The zero-order valence-electron chi connectivity index (χ0n) is 25.7. The molecule has 1 fully saturated rings. The molecule has 1 aromatic heterocycles. The molecule has 0 spiro atoms. The minimum Gasteiger partial charge on any atom is -0.504 e. The first-order valence-electron chi connectivity index (χ1n) is 15.6. The molecule has 0 radical (unpaired) electrons. The summed E-state index contributed by atoms with van der Waals surface area (Å²) in [6.45, 7) is 2.95. The van der Waals surface area contributed by atoms with Crippen molar-refractivity contribution in [1.82, 2.24) is 15.2 Å². The number of methoxy groups -OCH3 is 1. The van der Waals surface area contributed by atoms with Gasteiger partial charge in [-0.15, -0.1) is 0 Å². The lowest BCUT2D eigenvalue weighted by molar-refractivity contribution is -0.124. The maximum Gasteiger partial charge on any atom is 0.163 e. The summed E-state index contributed by atoms with van der Waals surface area (Å²) < 4.78 is 5.37. The molecular weight excluding hydrogens is 593 g/mol. The monoisotopic (exact) mass is 636 g/mol. The Morgan fingerprint density at radius 3 is 2.70 bits per heavy atom. The highest BCUT2D eigenvalue weighted by Gasteiger charge is 2.46. The van der Waals surface area contributed by atoms with E-state index < -0.39 is 0 Å². The number of nitrogens with zero attached hydrogens (tertiary/aromatic N) is 2. The van der Waals surface area contributed by atoms with Crippen LogP contribution in [0.25, 0.3) is 6.08 Å². The molecule has 0 amide bonds. The summed E-state index contributed by atoms with van der Waals surface area (Å²) in [6, 6.07) is 5.60. The molecule has 1 aliphatic carbocycles. The number of aromatic hydroxyl groups is 1. The molecular formula is C34H44N4O4S2. The summed E-state index contributed by atoms with van der Waals surface area (Å²) in [6.07, 6.45) is 17.4. The number of nitrogens with two attached hydrogens (primary N) is 1. The Hall–Kier alpha value is -3.11. The number of phenolic OH excluding ortho intramolecular Hbond substituents is 1. The molecule has 3 heterocycles. The Morgan fingerprint density at radius 2 is 1.98 bits per heavy atom. The number of hydrogen-bond acceptors (Lipinski definition) is 10. The van der Waals surface area contributed by atoms with Gasteiger partial charge in [-0.3, -0.25) is 9.59 Å². The van der Waals surface area contributed by atoms with Gasteiger partial charge in [-0.1, -0.05) is 60.3 Å². The second-order valence-electron chi connectivity index (χ2n) is 12.1. The van der Waals surface area contributed by atoms with Gasteiger partial charge in [0.1, 0.15) is 11.6 Å². The highest BCUT2D eigenvalue weighted by atomic mass is 33.1. The van der Waals surface area contributed by atoms with Crippen LogP contribution in [0.5, 0.6) is 11.5 Å². The molecule has 5 rings (SSSR count). The predicted octanol–water partition coefficient (Wildman–Crippen LogP) is 6.79. The van der Waals surface area contributed by atoms with Crippen LogP contribution in [0.2, 0.25) is 0 Å². The molecule has 10 heteroatoms. The number of rotatable bonds is 4. The molecule has 2 aromatic rings. The van der Waals surface area contributed by atoms with E-state index in [2.05, 4.69) is 29.4 Å². The highest BCUT2D eigenvalue weighted by molar-refractivity contribution is 8.76. The van der Waals surface area contributed by atoms with Crippen LogP contribution < -0.4 is 15.8 Å². The molecule has 236 valence electrons. The number of aromatic nitrogens is 1. The number of carbonyl (C=O) groups excluding carboxylic acids is 2. The minimum absolute atomic E-state index is 0.0247. The molecule has 2 aliphatic heterocycles. The van der Waals surface area contributed by atoms with Crippen LogP contribution in [0.4, 0.5) is 5.82 Å². The van der Waals surface area contributed by atoms with Crippen molar-refractivity contribution in [2.75, 3.05) is 25.3 Å². The molecule has 8 nitrogen and oxygen atoms in total. The van der Waals surface area contributed by atoms with Crippen molar-refractivity contribution in [3.8, 4) is 11.5 Å². The Labute approximate surface area is 268 Å². The molecule has 1 aromatic carbocycles. The number of carbonyl (C=O) groups is 2. The van der Waals surface area contributed by atoms with Gasteiger partial charge in [0, 0.05) is 36.3 Å². The number of Topliss-reactive ketones (excluding diaryl/α,β-unsaturated/α-hetero) is 1. The van der Waals surface area contributed by atoms with E-state index in [9.17, 15) is 14.7 Å². The first kappa shape index (κ1) is 32.3. The molecule has 2 bridgehead atoms. The summed E-state index contributed by atoms with van der Waals surface area (Å²) in [4.78, 5) is 32.7. The van der Waals surface area contributed by atoms with Gasteiger partial charge in [-0.25, -0.2) is 4.98 Å². The number of benzene rings is 1. The van der Waals surface area contributed by atoms with E-state index in [1.165, 1.54) is 32.4 Å². The molecule has 4 N–H and O–H groups in total. The third-order valence-corrected chi connectivity index (χ3v) is 12.3. The summed E-state index contributed by atoms with van der Waals surface area (Å²) in [5.74, 6) is 1.94. The van der Waals surface area contributed by atoms with Gasteiger partial charge in [0.05, 0.1) is 31.0 Å². The molecule has 0 unspecified atom stereocenters. The van der Waals surface area contributed by atoms with Crippen molar-refractivity contribution >= 4 is 45.0 Å². The number of pyridine rings is 1. The Balaban J connectivity index is 1.60. The molecule has 3 aliphatic rings. The summed E-state index contributed by atoms with van der Waals surface area (Å²) >= 11 is 0. The van der Waals surface area contributed by atoms with Crippen LogP contribution in [0.1, 0.15) is 92.2 Å². The lowest BCUT2D eigenvalue weighted by Gasteiger charge is -2.49. The van der Waals surface area contributed by atoms with Gasteiger partial charge in [0.15, 0.2) is 17.3 Å². The van der Waals surface area contributed by atoms with Gasteiger partial charge < -0.3 is 25.8 Å². The Morgan fingerprint density at radius 1 is 1.16 bits per heavy atom. The third kappa shape index (κ3) is 7.40. The minimum atomic E-state index is -0.227. The van der Waals surface area contributed by atoms with E-state index >= 15 is 0 Å². The fourth-order valence-electron chi connectivity index (χ4n) is 6.61. The number of hydrogen-bond donors (Lipinski definition) is 3. The van der Waals surface area contributed by atoms with Crippen molar-refractivity contribution in [3.63, 3.8) is 0 Å². The van der Waals surface area contributed by atoms with Gasteiger partial charge in [-0.05, 0) is 72.6 Å². The smallest absolute Gasteiger partial charge is 0.163 e. The van der Waals surface area contributed by atoms with Gasteiger partial charge in [0.25, 0.3) is 0 Å². The zero-order chi connectivity index (χ0) is 31.1. The average molecular weight is 637 g/mol. The number of ketones is 2. The summed E-state index contributed by atoms with van der Waals surface area (Å²) in [5, 5.41) is 14.1. The maximum atomic E-state index is 12.8. The summed E-state index contributed by atoms with van der Waals surface area (Å²) in [7, 11) is 5.26. The van der Waals surface area contributed by atoms with Crippen molar-refractivity contribution in [3.05, 3.63) is 65.1 Å². The number of fused-ring (bicyclic) bond motifs is 3. The SMILES string of the molecule is CC[C@H]1CCC(=O)CC(=O)/C=C/c2cc(OC)c(O)cc2Cc2cnc(N)c(c2)[C@@H](C2(N3C=CNC3)CCCCC2)SSC1. The number of nitrogen functional groups attached to an aromatic ring is 1. The van der Waals surface area contributed by atoms with Crippen LogP contribution in [0.15, 0.2) is 42.9 Å². The van der Waals surface area contributed by atoms with E-state index in [1.54, 1.807) is 18.2 Å². The number of anilines is 1. The third-order valence-electron chi connectivity index (χ3n) is 9.23. The quantitative estimate of drug-likeness (QED) is 0.245. The van der Waals surface area contributed by atoms with Gasteiger partial charge in [-0.2, -0.15) is 0 Å². The number of nitrogens with one attached hydrogen (secondary N) is 1. The van der Waals surface area contributed by atoms with Crippen LogP contribution in [-0.2, 0) is 16.0 Å². The zero-order valence-corrected chi connectivity index (χ0v) is 27.4. The van der Waals surface area contributed by atoms with Crippen molar-refractivity contribution in [2.45, 2.75) is 81.9 Å². The van der Waals surface area contributed by atoms with E-state index in [1.807, 2.05) is 34.0 Å². The van der Waals surface area contributed by atoms with E-state index in [-0.39, 0.29) is 34.5 Å². The van der Waals surface area contributed by atoms with E-state index in [0.717, 1.165) is 60.4 Å². The van der Waals surface area contributed by atoms with Crippen molar-refractivity contribution in [2.24, 2.45) is 5.92 Å². The van der Waals surface area contributed by atoms with Gasteiger partial charge >= 0.3 is 0 Å². The van der Waals surface area contributed by atoms with Crippen LogP contribution in [-0.4, -0.2) is 51.6 Å². The van der Waals surface area contributed by atoms with Crippen molar-refractivity contribution < 1.29 is 19.4 Å². The van der Waals surface area contributed by atoms with Crippen LogP contribution >= 0.6 is 21.6 Å². The molecule has 0 saturated heterocycles. The number of allylic oxidation sites excluding steroid dienone is 1. The second kappa shape index (κ2) is 14.8. The van der Waals surface area contributed by atoms with Crippen molar-refractivity contribution in [1.29, 1.82) is 0 Å². The summed E-state index contributed by atoms with van der Waals surface area (Å²) in [5.41, 5.74) is 10.2. The topological polar surface area (TPSA) is 118 Å². The maximum absolute atomic E-state index is 12.8. The lowest BCUT2D eigenvalue weighted by Crippen LogP contribution is -2.51. The molecule has 44 heavy (non-hydrogen) atoms. The van der Waals surface area contributed by atoms with Crippen LogP contribution in [0.3, 0.4) is 0 Å². The fourth-order valence-corrected chi connectivity index (χ4v) is 10.3. The largest absolute Gasteiger partial charge is 0.504 e. The van der Waals surface area contributed by atoms with Gasteiger partial charge in [0.2, 0.25) is 0 Å².